The van der Waals surface area contributed by atoms with E-state index in [9.17, 15) is 0 Å². The Morgan fingerprint density at radius 2 is 2.33 bits per heavy atom. The van der Waals surface area contributed by atoms with Crippen LogP contribution in [0.25, 0.3) is 0 Å². The lowest BCUT2D eigenvalue weighted by molar-refractivity contribution is 0.405. The second kappa shape index (κ2) is 3.68. The first-order valence-corrected chi connectivity index (χ1v) is 4.61. The smallest absolute Gasteiger partial charge is 0.0573 e. The van der Waals surface area contributed by atoms with Crippen molar-refractivity contribution in [1.82, 2.24) is 10.3 Å². The van der Waals surface area contributed by atoms with Crippen LogP contribution in [0.2, 0.25) is 0 Å². The average Bonchev–Trinajstić information content (AvgIpc) is 2.21. The Morgan fingerprint density at radius 1 is 1.33 bits per heavy atom. The second-order valence-corrected chi connectivity index (χ2v) is 3.26. The van der Waals surface area contributed by atoms with Gasteiger partial charge in [0.2, 0.25) is 0 Å². The lowest BCUT2D eigenvalue weighted by Gasteiger charge is -2.22. The van der Waals surface area contributed by atoms with Gasteiger partial charge in [-0.1, -0.05) is 12.5 Å². The molecule has 0 bridgehead atoms. The molecule has 0 aromatic carbocycles. The minimum absolute atomic E-state index is 0.500. The van der Waals surface area contributed by atoms with E-state index in [1.165, 1.54) is 25.0 Å². The Bertz CT molecular complexity index is 227. The van der Waals surface area contributed by atoms with Gasteiger partial charge in [0, 0.05) is 12.2 Å². The van der Waals surface area contributed by atoms with Crippen molar-refractivity contribution in [3.05, 3.63) is 30.1 Å². The number of aromatic nitrogens is 1. The third kappa shape index (κ3) is 1.64. The topological polar surface area (TPSA) is 24.9 Å². The maximum absolute atomic E-state index is 4.34. The Labute approximate surface area is 73.0 Å². The summed E-state index contributed by atoms with van der Waals surface area (Å²) in [6.45, 7) is 1.14. The molecule has 0 saturated carbocycles. The van der Waals surface area contributed by atoms with Crippen molar-refractivity contribution in [3.63, 3.8) is 0 Å². The Kier molecular flexibility index (Phi) is 2.37. The van der Waals surface area contributed by atoms with E-state index >= 15 is 0 Å². The van der Waals surface area contributed by atoms with Gasteiger partial charge < -0.3 is 5.32 Å². The number of hydrogen-bond acceptors (Lipinski definition) is 2. The lowest BCUT2D eigenvalue weighted by atomic mass is 10.0. The van der Waals surface area contributed by atoms with Gasteiger partial charge in [0.05, 0.1) is 5.69 Å². The molecule has 1 aliphatic rings. The quantitative estimate of drug-likeness (QED) is 0.682. The van der Waals surface area contributed by atoms with Crippen molar-refractivity contribution in [3.8, 4) is 0 Å². The zero-order valence-electron chi connectivity index (χ0n) is 7.16. The molecule has 0 aliphatic carbocycles. The molecule has 1 atom stereocenters. The van der Waals surface area contributed by atoms with Crippen molar-refractivity contribution in [2.75, 3.05) is 6.54 Å². The molecular weight excluding hydrogens is 148 g/mol. The summed E-state index contributed by atoms with van der Waals surface area (Å²) in [4.78, 5) is 4.34. The number of hydrogen-bond donors (Lipinski definition) is 1. The molecule has 0 unspecified atom stereocenters. The van der Waals surface area contributed by atoms with Crippen LogP contribution in [0.1, 0.15) is 31.0 Å². The zero-order valence-corrected chi connectivity index (χ0v) is 7.16. The van der Waals surface area contributed by atoms with Gasteiger partial charge >= 0.3 is 0 Å². The average molecular weight is 162 g/mol. The normalized spacial score (nSPS) is 23.8. The lowest BCUT2D eigenvalue weighted by Crippen LogP contribution is -2.27. The summed E-state index contributed by atoms with van der Waals surface area (Å²) in [6, 6.07) is 6.62. The van der Waals surface area contributed by atoms with Gasteiger partial charge in [-0.15, -0.1) is 0 Å². The van der Waals surface area contributed by atoms with Crippen molar-refractivity contribution in [1.29, 1.82) is 0 Å². The van der Waals surface area contributed by atoms with Crippen LogP contribution < -0.4 is 5.32 Å². The van der Waals surface area contributed by atoms with Gasteiger partial charge in [-0.25, -0.2) is 0 Å². The molecule has 2 nitrogen and oxygen atoms in total. The van der Waals surface area contributed by atoms with Gasteiger partial charge in [-0.2, -0.15) is 0 Å². The van der Waals surface area contributed by atoms with E-state index in [-0.39, 0.29) is 0 Å². The summed E-state index contributed by atoms with van der Waals surface area (Å²) in [5.41, 5.74) is 1.19. The number of rotatable bonds is 1. The fraction of sp³-hybridized carbons (Fsp3) is 0.500. The van der Waals surface area contributed by atoms with Gasteiger partial charge in [-0.3, -0.25) is 4.98 Å². The molecule has 2 heterocycles. The maximum atomic E-state index is 4.34. The van der Waals surface area contributed by atoms with Crippen LogP contribution in [0, 0.1) is 0 Å². The maximum Gasteiger partial charge on any atom is 0.0573 e. The summed E-state index contributed by atoms with van der Waals surface area (Å²) in [6.07, 6.45) is 5.74. The molecule has 1 fully saturated rings. The molecule has 0 amide bonds. The minimum Gasteiger partial charge on any atom is -0.309 e. The molecule has 12 heavy (non-hydrogen) atoms. The van der Waals surface area contributed by atoms with Crippen LogP contribution in [0.4, 0.5) is 0 Å². The SMILES string of the molecule is c1ccc([C@@H]2CCCCN2)nc1. The minimum atomic E-state index is 0.500. The summed E-state index contributed by atoms with van der Waals surface area (Å²) in [7, 11) is 0. The van der Waals surface area contributed by atoms with Crippen molar-refractivity contribution in [2.45, 2.75) is 25.3 Å². The number of piperidine rings is 1. The van der Waals surface area contributed by atoms with Crippen molar-refractivity contribution >= 4 is 0 Å². The third-order valence-corrected chi connectivity index (χ3v) is 2.36. The number of nitrogens with zero attached hydrogens (tertiary/aromatic N) is 1. The molecule has 1 N–H and O–H groups in total. The van der Waals surface area contributed by atoms with Gasteiger partial charge in [-0.05, 0) is 31.5 Å². The molecule has 2 rings (SSSR count). The summed E-state index contributed by atoms with van der Waals surface area (Å²) < 4.78 is 0. The predicted octanol–water partition coefficient (Wildman–Crippen LogP) is 1.90. The molecule has 64 valence electrons. The van der Waals surface area contributed by atoms with Crippen LogP contribution in [-0.2, 0) is 0 Å². The molecule has 0 spiro atoms. The largest absolute Gasteiger partial charge is 0.309 e. The first kappa shape index (κ1) is 7.74. The van der Waals surface area contributed by atoms with Crippen LogP contribution >= 0.6 is 0 Å². The highest BCUT2D eigenvalue weighted by Gasteiger charge is 2.14. The fourth-order valence-corrected chi connectivity index (χ4v) is 1.69. The van der Waals surface area contributed by atoms with Crippen molar-refractivity contribution in [2.24, 2.45) is 0 Å². The van der Waals surface area contributed by atoms with E-state index in [0.717, 1.165) is 6.54 Å². The summed E-state index contributed by atoms with van der Waals surface area (Å²) in [5.74, 6) is 0. The molecule has 0 radical (unpaired) electrons. The van der Waals surface area contributed by atoms with E-state index in [1.807, 2.05) is 12.3 Å². The monoisotopic (exact) mass is 162 g/mol. The predicted molar refractivity (Wildman–Crippen MR) is 48.8 cm³/mol. The van der Waals surface area contributed by atoms with Crippen LogP contribution in [0.3, 0.4) is 0 Å². The molecule has 2 heteroatoms. The van der Waals surface area contributed by atoms with Gasteiger partial charge in [0.15, 0.2) is 0 Å². The molecule has 1 aromatic heterocycles. The first-order chi connectivity index (χ1) is 5.97. The standard InChI is InChI=1S/C10H14N2/c1-3-7-11-9(5-1)10-6-2-4-8-12-10/h1,3,5,7,10,12H,2,4,6,8H2/t10-/m0/s1. The first-order valence-electron chi connectivity index (χ1n) is 4.61. The van der Waals surface area contributed by atoms with Crippen LogP contribution in [-0.4, -0.2) is 11.5 Å². The third-order valence-electron chi connectivity index (χ3n) is 2.36. The Balaban J connectivity index is 2.08. The van der Waals surface area contributed by atoms with Crippen LogP contribution in [0.15, 0.2) is 24.4 Å². The Hall–Kier alpha value is -0.890. The summed E-state index contributed by atoms with van der Waals surface area (Å²) in [5, 5.41) is 3.47. The second-order valence-electron chi connectivity index (χ2n) is 3.26. The molecular formula is C10H14N2. The molecule has 1 saturated heterocycles. The van der Waals surface area contributed by atoms with E-state index < -0.39 is 0 Å². The fourth-order valence-electron chi connectivity index (χ4n) is 1.69. The molecule has 1 aliphatic heterocycles. The molecule has 1 aromatic rings. The highest BCUT2D eigenvalue weighted by Crippen LogP contribution is 2.20. The van der Waals surface area contributed by atoms with Gasteiger partial charge in [0.25, 0.3) is 0 Å². The number of pyridine rings is 1. The van der Waals surface area contributed by atoms with E-state index in [2.05, 4.69) is 22.4 Å². The highest BCUT2D eigenvalue weighted by molar-refractivity contribution is 5.09. The van der Waals surface area contributed by atoms with E-state index in [4.69, 9.17) is 0 Å². The zero-order chi connectivity index (χ0) is 8.23. The van der Waals surface area contributed by atoms with Crippen molar-refractivity contribution < 1.29 is 0 Å². The highest BCUT2D eigenvalue weighted by atomic mass is 14.9. The Morgan fingerprint density at radius 3 is 3.00 bits per heavy atom. The number of nitrogens with one attached hydrogen (secondary N) is 1. The van der Waals surface area contributed by atoms with E-state index in [1.54, 1.807) is 0 Å². The van der Waals surface area contributed by atoms with Gasteiger partial charge in [0.1, 0.15) is 0 Å². The summed E-state index contributed by atoms with van der Waals surface area (Å²) >= 11 is 0. The van der Waals surface area contributed by atoms with E-state index in [0.29, 0.717) is 6.04 Å². The van der Waals surface area contributed by atoms with Crippen LogP contribution in [0.5, 0.6) is 0 Å².